The van der Waals surface area contributed by atoms with Crippen LogP contribution in [0, 0.1) is 5.41 Å². The van der Waals surface area contributed by atoms with Crippen LogP contribution >= 0.6 is 24.8 Å². The lowest BCUT2D eigenvalue weighted by Gasteiger charge is -2.31. The van der Waals surface area contributed by atoms with Crippen LogP contribution in [-0.2, 0) is 17.9 Å². The molecule has 0 bridgehead atoms. The number of nitrogens with one attached hydrogen (secondary N) is 3. The van der Waals surface area contributed by atoms with Gasteiger partial charge in [0.05, 0.1) is 6.04 Å². The third-order valence-electron chi connectivity index (χ3n) is 7.00. The van der Waals surface area contributed by atoms with Gasteiger partial charge in [0, 0.05) is 26.2 Å². The summed E-state index contributed by atoms with van der Waals surface area (Å²) in [4.78, 5) is 15.8. The Morgan fingerprint density at radius 3 is 1.65 bits per heavy atom. The molecule has 2 aromatic rings. The zero-order valence-electron chi connectivity index (χ0n) is 24.4. The van der Waals surface area contributed by atoms with Gasteiger partial charge < -0.3 is 16.4 Å². The molecular weight excluding hydrogens is 541 g/mol. The smallest absolute Gasteiger partial charge is 0.237 e. The second kappa shape index (κ2) is 24.5. The molecule has 0 fully saturated rings. The fraction of sp³-hybridized carbons (Fsp3) is 0.562. The number of rotatable bonds is 21. The predicted molar refractivity (Wildman–Crippen MR) is 174 cm³/mol. The predicted octanol–water partition coefficient (Wildman–Crippen LogP) is 7.20. The quantitative estimate of drug-likeness (QED) is 0.0699. The minimum absolute atomic E-state index is 0. The monoisotopic (exact) mass is 593 g/mol. The van der Waals surface area contributed by atoms with Gasteiger partial charge in [-0.05, 0) is 30.4 Å². The van der Waals surface area contributed by atoms with Crippen LogP contribution in [0.4, 0.5) is 0 Å². The van der Waals surface area contributed by atoms with E-state index in [0.717, 1.165) is 19.4 Å². The number of carbonyl (C=O) groups excluding carboxylic acids is 1. The number of nitrogens with zero attached hydrogens (tertiary/aromatic N) is 1. The van der Waals surface area contributed by atoms with E-state index in [0.29, 0.717) is 26.1 Å². The summed E-state index contributed by atoms with van der Waals surface area (Å²) < 4.78 is 0. The summed E-state index contributed by atoms with van der Waals surface area (Å²) in [5.74, 6) is 0.0630. The Hall–Kier alpha value is -2.28. The lowest BCUT2D eigenvalue weighted by molar-refractivity contribution is -0.127. The fourth-order valence-corrected chi connectivity index (χ4v) is 4.85. The van der Waals surface area contributed by atoms with Crippen LogP contribution in [0.1, 0.15) is 95.1 Å². The highest BCUT2D eigenvalue weighted by molar-refractivity contribution is 5.85. The van der Waals surface area contributed by atoms with E-state index in [1.165, 1.54) is 68.9 Å². The molecule has 2 aromatic carbocycles. The van der Waals surface area contributed by atoms with E-state index in [9.17, 15) is 4.79 Å². The summed E-state index contributed by atoms with van der Waals surface area (Å²) in [6.07, 6.45) is 14.3. The van der Waals surface area contributed by atoms with Crippen molar-refractivity contribution in [2.45, 2.75) is 103 Å². The molecule has 1 unspecified atom stereocenters. The molecule has 0 aliphatic rings. The molecule has 8 heteroatoms. The Bertz CT molecular complexity index is 844. The normalized spacial score (nSPS) is 11.2. The topological polar surface area (TPSA) is 94.2 Å². The molecule has 0 spiro atoms. The van der Waals surface area contributed by atoms with Gasteiger partial charge in [-0.15, -0.1) is 24.8 Å². The Balaban J connectivity index is 0.00000760. The number of unbranched alkanes of at least 4 members (excludes halogenated alkanes) is 9. The van der Waals surface area contributed by atoms with Crippen LogP contribution in [0.5, 0.6) is 0 Å². The average Bonchev–Trinajstić information content (AvgIpc) is 2.92. The SMILES string of the molecule is CCCCCCCCCCCCNC(=O)C(CCCNC(=N)N)N(Cc1ccccc1)Cc1ccccc1.Cl.Cl. The molecule has 0 aromatic heterocycles. The molecule has 40 heavy (non-hydrogen) atoms. The molecule has 226 valence electrons. The molecule has 5 N–H and O–H groups in total. The van der Waals surface area contributed by atoms with Crippen molar-refractivity contribution in [3.63, 3.8) is 0 Å². The maximum absolute atomic E-state index is 13.5. The standard InChI is InChI=1S/C32H51N5O.2ClH/c1-2-3-4-5-6-7-8-9-10-17-24-35-31(38)30(23-18-25-36-32(33)34)37(26-28-19-13-11-14-20-28)27-29-21-15-12-16-22-29;;/h11-16,19-22,30H,2-10,17-18,23-27H2,1H3,(H,35,38)(H4,33,34,36);2*1H. The molecule has 0 aliphatic carbocycles. The number of benzene rings is 2. The van der Waals surface area contributed by atoms with Gasteiger partial charge in [0.15, 0.2) is 5.96 Å². The number of guanidine groups is 1. The summed E-state index contributed by atoms with van der Waals surface area (Å²) >= 11 is 0. The van der Waals surface area contributed by atoms with Gasteiger partial charge in [0.2, 0.25) is 5.91 Å². The highest BCUT2D eigenvalue weighted by atomic mass is 35.5. The maximum Gasteiger partial charge on any atom is 0.237 e. The van der Waals surface area contributed by atoms with Gasteiger partial charge in [-0.3, -0.25) is 15.1 Å². The number of hydrogen-bond donors (Lipinski definition) is 4. The molecule has 2 rings (SSSR count). The van der Waals surface area contributed by atoms with E-state index >= 15 is 0 Å². The first kappa shape index (κ1) is 37.7. The first-order chi connectivity index (χ1) is 18.6. The summed E-state index contributed by atoms with van der Waals surface area (Å²) in [5, 5.41) is 13.6. The molecular formula is C32H53Cl2N5O. The molecule has 0 aliphatic heterocycles. The molecule has 0 saturated carbocycles. The number of carbonyl (C=O) groups is 1. The fourth-order valence-electron chi connectivity index (χ4n) is 4.85. The molecule has 0 radical (unpaired) electrons. The number of amides is 1. The Morgan fingerprint density at radius 1 is 0.725 bits per heavy atom. The zero-order chi connectivity index (χ0) is 27.3. The average molecular weight is 595 g/mol. The van der Waals surface area contributed by atoms with Gasteiger partial charge in [-0.25, -0.2) is 0 Å². The van der Waals surface area contributed by atoms with Crippen molar-refractivity contribution in [3.8, 4) is 0 Å². The minimum Gasteiger partial charge on any atom is -0.370 e. The second-order valence-corrected chi connectivity index (χ2v) is 10.3. The molecule has 0 heterocycles. The van der Waals surface area contributed by atoms with Crippen molar-refractivity contribution >= 4 is 36.7 Å². The maximum atomic E-state index is 13.5. The Kier molecular flexibility index (Phi) is 23.1. The van der Waals surface area contributed by atoms with Crippen LogP contribution in [0.15, 0.2) is 60.7 Å². The summed E-state index contributed by atoms with van der Waals surface area (Å²) in [7, 11) is 0. The van der Waals surface area contributed by atoms with Gasteiger partial charge in [-0.1, -0.05) is 125 Å². The van der Waals surface area contributed by atoms with Crippen LogP contribution < -0.4 is 16.4 Å². The van der Waals surface area contributed by atoms with Crippen molar-refractivity contribution in [2.75, 3.05) is 13.1 Å². The third kappa shape index (κ3) is 17.4. The van der Waals surface area contributed by atoms with Crippen molar-refractivity contribution in [3.05, 3.63) is 71.8 Å². The summed E-state index contributed by atoms with van der Waals surface area (Å²) in [6.45, 7) is 4.97. The van der Waals surface area contributed by atoms with Crippen LogP contribution in [-0.4, -0.2) is 35.9 Å². The van der Waals surface area contributed by atoms with Crippen molar-refractivity contribution in [1.29, 1.82) is 5.41 Å². The molecule has 1 atom stereocenters. The van der Waals surface area contributed by atoms with Crippen molar-refractivity contribution < 1.29 is 4.79 Å². The van der Waals surface area contributed by atoms with E-state index in [1.54, 1.807) is 0 Å². The zero-order valence-corrected chi connectivity index (χ0v) is 26.0. The van der Waals surface area contributed by atoms with E-state index in [-0.39, 0.29) is 42.7 Å². The number of nitrogens with two attached hydrogens (primary N) is 1. The molecule has 1 amide bonds. The largest absolute Gasteiger partial charge is 0.370 e. The van der Waals surface area contributed by atoms with Gasteiger partial charge in [-0.2, -0.15) is 0 Å². The molecule has 6 nitrogen and oxygen atoms in total. The lowest BCUT2D eigenvalue weighted by Crippen LogP contribution is -2.47. The van der Waals surface area contributed by atoms with Gasteiger partial charge in [0.25, 0.3) is 0 Å². The highest BCUT2D eigenvalue weighted by Crippen LogP contribution is 2.17. The summed E-state index contributed by atoms with van der Waals surface area (Å²) in [5.41, 5.74) is 7.85. The van der Waals surface area contributed by atoms with Crippen LogP contribution in [0.3, 0.4) is 0 Å². The van der Waals surface area contributed by atoms with Crippen molar-refractivity contribution in [1.82, 2.24) is 15.5 Å². The van der Waals surface area contributed by atoms with E-state index in [2.05, 4.69) is 46.7 Å². The van der Waals surface area contributed by atoms with Crippen LogP contribution in [0.2, 0.25) is 0 Å². The Labute approximate surface area is 255 Å². The first-order valence-electron chi connectivity index (χ1n) is 14.8. The summed E-state index contributed by atoms with van der Waals surface area (Å²) in [6, 6.07) is 20.5. The van der Waals surface area contributed by atoms with Gasteiger partial charge in [0.1, 0.15) is 0 Å². The second-order valence-electron chi connectivity index (χ2n) is 10.3. The van der Waals surface area contributed by atoms with Crippen LogP contribution in [0.25, 0.3) is 0 Å². The number of hydrogen-bond acceptors (Lipinski definition) is 3. The highest BCUT2D eigenvalue weighted by Gasteiger charge is 2.26. The first-order valence-corrected chi connectivity index (χ1v) is 14.8. The van der Waals surface area contributed by atoms with E-state index < -0.39 is 0 Å². The van der Waals surface area contributed by atoms with Crippen molar-refractivity contribution in [2.24, 2.45) is 5.73 Å². The number of halogens is 2. The van der Waals surface area contributed by atoms with E-state index in [1.807, 2.05) is 36.4 Å². The third-order valence-corrected chi connectivity index (χ3v) is 7.00. The Morgan fingerprint density at radius 2 is 1.18 bits per heavy atom. The van der Waals surface area contributed by atoms with E-state index in [4.69, 9.17) is 11.1 Å². The minimum atomic E-state index is -0.257. The van der Waals surface area contributed by atoms with Gasteiger partial charge >= 0.3 is 0 Å². The molecule has 0 saturated heterocycles. The lowest BCUT2D eigenvalue weighted by atomic mass is 10.0.